The molecular weight excluding hydrogens is 408 g/mol. The third-order valence-corrected chi connectivity index (χ3v) is 4.45. The number of benzene rings is 4. The summed E-state index contributed by atoms with van der Waals surface area (Å²) < 4.78 is 4.18. The summed E-state index contributed by atoms with van der Waals surface area (Å²) in [5.74, 6) is 0.0752. The van der Waals surface area contributed by atoms with Crippen molar-refractivity contribution in [3.05, 3.63) is 156 Å². The second-order valence-corrected chi connectivity index (χ2v) is 6.93. The summed E-state index contributed by atoms with van der Waals surface area (Å²) in [5.41, 5.74) is 4.21. The first-order valence-electron chi connectivity index (χ1n) is 10.6. The summed E-state index contributed by atoms with van der Waals surface area (Å²) in [6, 6.07) is 39.7. The van der Waals surface area contributed by atoms with Gasteiger partial charge in [-0.1, -0.05) is 134 Å². The summed E-state index contributed by atoms with van der Waals surface area (Å²) >= 11 is 0. The fraction of sp³-hybridized carbons (Fsp3) is 0.0667. The normalized spacial score (nSPS) is 9.21. The van der Waals surface area contributed by atoms with Gasteiger partial charge in [0.05, 0.1) is 0 Å². The number of ketones is 1. The van der Waals surface area contributed by atoms with Gasteiger partial charge < -0.3 is 4.74 Å². The third-order valence-electron chi connectivity index (χ3n) is 4.45. The molecule has 4 aromatic carbocycles. The maximum atomic E-state index is 11.8. The van der Waals surface area contributed by atoms with E-state index in [0.29, 0.717) is 13.1 Å². The highest BCUT2D eigenvalue weighted by Crippen LogP contribution is 2.09. The minimum absolute atomic E-state index is 0.0752. The lowest BCUT2D eigenvalue weighted by Crippen LogP contribution is -1.99. The standard InChI is InChI=1S/C13H10O.C13H12.C4H6O2/c14-13(11-7-3-1-4-8-11)12-9-5-2-6-10-12;1-3-7-12(8-4-1)11-13-9-5-2-6-10-13;1-2-3-6-4-5/h1-10H;1-10H,11H2;2,4H,1,3H2. The lowest BCUT2D eigenvalue weighted by atomic mass is 10.0. The Labute approximate surface area is 196 Å². The number of rotatable bonds is 7. The van der Waals surface area contributed by atoms with Gasteiger partial charge in [0, 0.05) is 11.1 Å². The SMILES string of the molecule is C=CCOC=O.O=C(c1ccccc1)c1ccccc1.c1ccc(Cc2ccccc2)cc1. The van der Waals surface area contributed by atoms with Crippen LogP contribution in [0.25, 0.3) is 0 Å². The Morgan fingerprint density at radius 3 is 1.30 bits per heavy atom. The quantitative estimate of drug-likeness (QED) is 0.143. The van der Waals surface area contributed by atoms with Gasteiger partial charge >= 0.3 is 0 Å². The van der Waals surface area contributed by atoms with Gasteiger partial charge in [0.15, 0.2) is 5.78 Å². The zero-order valence-electron chi connectivity index (χ0n) is 18.5. The topological polar surface area (TPSA) is 43.4 Å². The van der Waals surface area contributed by atoms with Crippen LogP contribution in [0, 0.1) is 0 Å². The molecule has 0 atom stereocenters. The summed E-state index contributed by atoms with van der Waals surface area (Å²) in [7, 11) is 0. The highest BCUT2D eigenvalue weighted by atomic mass is 16.5. The molecule has 0 bridgehead atoms. The summed E-state index contributed by atoms with van der Waals surface area (Å²) in [4.78, 5) is 21.1. The van der Waals surface area contributed by atoms with Crippen molar-refractivity contribution < 1.29 is 14.3 Å². The summed E-state index contributed by atoms with van der Waals surface area (Å²) in [5, 5.41) is 0. The second-order valence-electron chi connectivity index (χ2n) is 6.93. The molecule has 4 aromatic rings. The van der Waals surface area contributed by atoms with E-state index >= 15 is 0 Å². The molecule has 0 aliphatic carbocycles. The average Bonchev–Trinajstić information content (AvgIpc) is 2.90. The van der Waals surface area contributed by atoms with E-state index in [4.69, 9.17) is 0 Å². The Hall–Kier alpha value is -4.24. The summed E-state index contributed by atoms with van der Waals surface area (Å²) in [6.07, 6.45) is 2.54. The first-order chi connectivity index (χ1) is 16.2. The lowest BCUT2D eigenvalue weighted by Gasteiger charge is -2.00. The molecule has 0 fully saturated rings. The zero-order valence-corrected chi connectivity index (χ0v) is 18.5. The van der Waals surface area contributed by atoms with Crippen molar-refractivity contribution in [3.63, 3.8) is 0 Å². The van der Waals surface area contributed by atoms with Crippen molar-refractivity contribution in [3.8, 4) is 0 Å². The van der Waals surface area contributed by atoms with E-state index in [1.807, 2.05) is 60.7 Å². The molecule has 3 nitrogen and oxygen atoms in total. The van der Waals surface area contributed by atoms with Crippen molar-refractivity contribution in [1.82, 2.24) is 0 Å². The van der Waals surface area contributed by atoms with E-state index in [-0.39, 0.29) is 5.78 Å². The monoisotopic (exact) mass is 436 g/mol. The molecule has 4 rings (SSSR count). The number of carbonyl (C=O) groups excluding carboxylic acids is 2. The largest absolute Gasteiger partial charge is 0.464 e. The molecule has 0 saturated carbocycles. The van der Waals surface area contributed by atoms with E-state index < -0.39 is 0 Å². The molecule has 0 amide bonds. The van der Waals surface area contributed by atoms with Gasteiger partial charge in [-0.25, -0.2) is 0 Å². The van der Waals surface area contributed by atoms with E-state index in [1.54, 1.807) is 0 Å². The molecule has 0 saturated heterocycles. The average molecular weight is 437 g/mol. The van der Waals surface area contributed by atoms with Gasteiger partial charge in [0.1, 0.15) is 6.61 Å². The van der Waals surface area contributed by atoms with Crippen molar-refractivity contribution in [2.24, 2.45) is 0 Å². The lowest BCUT2D eigenvalue weighted by molar-refractivity contribution is -0.127. The van der Waals surface area contributed by atoms with Crippen LogP contribution in [0.4, 0.5) is 0 Å². The van der Waals surface area contributed by atoms with Gasteiger partial charge in [-0.15, -0.1) is 0 Å². The summed E-state index contributed by atoms with van der Waals surface area (Å²) in [6.45, 7) is 4.01. The molecular formula is C30H28O3. The van der Waals surface area contributed by atoms with Crippen molar-refractivity contribution in [2.75, 3.05) is 6.61 Å². The number of hydrogen-bond donors (Lipinski definition) is 0. The van der Waals surface area contributed by atoms with Gasteiger partial charge in [-0.05, 0) is 17.5 Å². The van der Waals surface area contributed by atoms with Gasteiger partial charge in [-0.3, -0.25) is 9.59 Å². The third kappa shape index (κ3) is 10.1. The van der Waals surface area contributed by atoms with Crippen molar-refractivity contribution in [2.45, 2.75) is 6.42 Å². The molecule has 0 aliphatic heterocycles. The van der Waals surface area contributed by atoms with Crippen molar-refractivity contribution >= 4 is 12.3 Å². The minimum atomic E-state index is 0.0752. The van der Waals surface area contributed by atoms with Crippen LogP contribution in [-0.4, -0.2) is 18.9 Å². The predicted octanol–water partition coefficient (Wildman–Crippen LogP) is 6.54. The minimum Gasteiger partial charge on any atom is -0.464 e. The second kappa shape index (κ2) is 15.5. The van der Waals surface area contributed by atoms with Crippen LogP contribution < -0.4 is 0 Å². The Morgan fingerprint density at radius 2 is 1.00 bits per heavy atom. The molecule has 166 valence electrons. The van der Waals surface area contributed by atoms with Crippen molar-refractivity contribution in [1.29, 1.82) is 0 Å². The zero-order chi connectivity index (χ0) is 23.6. The Kier molecular flexibility index (Phi) is 11.8. The first-order valence-corrected chi connectivity index (χ1v) is 10.6. The Balaban J connectivity index is 0.000000190. The van der Waals surface area contributed by atoms with E-state index in [0.717, 1.165) is 17.5 Å². The van der Waals surface area contributed by atoms with Gasteiger partial charge in [0.2, 0.25) is 0 Å². The van der Waals surface area contributed by atoms with Crippen LogP contribution in [0.3, 0.4) is 0 Å². The first kappa shape index (κ1) is 25.0. The van der Waals surface area contributed by atoms with Crippen LogP contribution in [0.15, 0.2) is 134 Å². The van der Waals surface area contributed by atoms with Crippen LogP contribution in [0.2, 0.25) is 0 Å². The highest BCUT2D eigenvalue weighted by molar-refractivity contribution is 6.08. The molecule has 0 spiro atoms. The highest BCUT2D eigenvalue weighted by Gasteiger charge is 2.06. The predicted molar refractivity (Wildman–Crippen MR) is 134 cm³/mol. The number of carbonyl (C=O) groups is 2. The molecule has 0 aliphatic rings. The fourth-order valence-electron chi connectivity index (χ4n) is 2.88. The number of ether oxygens (including phenoxy) is 1. The number of hydrogen-bond acceptors (Lipinski definition) is 3. The Bertz CT molecular complexity index is 974. The van der Waals surface area contributed by atoms with E-state index in [2.05, 4.69) is 72.0 Å². The molecule has 0 N–H and O–H groups in total. The van der Waals surface area contributed by atoms with Crippen LogP contribution >= 0.6 is 0 Å². The molecule has 0 aromatic heterocycles. The molecule has 0 radical (unpaired) electrons. The molecule has 33 heavy (non-hydrogen) atoms. The molecule has 0 heterocycles. The maximum absolute atomic E-state index is 11.8. The van der Waals surface area contributed by atoms with E-state index in [9.17, 15) is 9.59 Å². The molecule has 0 unspecified atom stereocenters. The van der Waals surface area contributed by atoms with Crippen LogP contribution in [0.1, 0.15) is 27.0 Å². The fourth-order valence-corrected chi connectivity index (χ4v) is 2.88. The van der Waals surface area contributed by atoms with Crippen LogP contribution in [0.5, 0.6) is 0 Å². The van der Waals surface area contributed by atoms with Crippen LogP contribution in [-0.2, 0) is 16.0 Å². The smallest absolute Gasteiger partial charge is 0.293 e. The van der Waals surface area contributed by atoms with Gasteiger partial charge in [-0.2, -0.15) is 0 Å². The van der Waals surface area contributed by atoms with Gasteiger partial charge in [0.25, 0.3) is 6.47 Å². The maximum Gasteiger partial charge on any atom is 0.293 e. The molecule has 3 heteroatoms. The van der Waals surface area contributed by atoms with E-state index in [1.165, 1.54) is 17.2 Å². The Morgan fingerprint density at radius 1 is 0.636 bits per heavy atom.